The van der Waals surface area contributed by atoms with Crippen LogP contribution in [0.4, 0.5) is 0 Å². The normalized spacial score (nSPS) is 32.5. The van der Waals surface area contributed by atoms with E-state index in [9.17, 15) is 14.7 Å². The fourth-order valence-electron chi connectivity index (χ4n) is 3.10. The molecule has 26 heavy (non-hydrogen) atoms. The van der Waals surface area contributed by atoms with Gasteiger partial charge in [-0.1, -0.05) is 18.2 Å². The van der Waals surface area contributed by atoms with Crippen LogP contribution in [-0.4, -0.2) is 58.4 Å². The molecule has 1 aromatic rings. The van der Waals surface area contributed by atoms with Crippen LogP contribution in [-0.2, 0) is 23.7 Å². The summed E-state index contributed by atoms with van der Waals surface area (Å²) in [7, 11) is 0. The van der Waals surface area contributed by atoms with Crippen molar-refractivity contribution in [3.05, 3.63) is 35.9 Å². The van der Waals surface area contributed by atoms with Crippen LogP contribution >= 0.6 is 11.8 Å². The van der Waals surface area contributed by atoms with Crippen molar-refractivity contribution in [1.29, 1.82) is 0 Å². The van der Waals surface area contributed by atoms with Crippen LogP contribution in [0.2, 0.25) is 0 Å². The number of benzene rings is 1. The molecule has 0 bridgehead atoms. The van der Waals surface area contributed by atoms with E-state index in [1.165, 1.54) is 6.92 Å². The number of hydrogen-bond donors (Lipinski definition) is 1. The lowest BCUT2D eigenvalue weighted by Gasteiger charge is -2.42. The van der Waals surface area contributed by atoms with E-state index in [-0.39, 0.29) is 12.7 Å². The molecular formula is C18H22O7S. The summed E-state index contributed by atoms with van der Waals surface area (Å²) in [5, 5.41) is 11.1. The summed E-state index contributed by atoms with van der Waals surface area (Å²) in [6.45, 7) is 4.44. The quantitative estimate of drug-likeness (QED) is 0.788. The van der Waals surface area contributed by atoms with E-state index < -0.39 is 34.9 Å². The van der Waals surface area contributed by atoms with Crippen molar-refractivity contribution in [3.8, 4) is 0 Å². The third kappa shape index (κ3) is 4.03. The first-order chi connectivity index (χ1) is 12.2. The maximum atomic E-state index is 12.2. The number of esters is 2. The molecule has 0 aromatic heterocycles. The minimum atomic E-state index is -1.62. The highest BCUT2D eigenvalue weighted by Gasteiger charge is 2.58. The second-order valence-corrected chi connectivity index (χ2v) is 8.10. The van der Waals surface area contributed by atoms with Crippen LogP contribution in [0.3, 0.4) is 0 Å². The summed E-state index contributed by atoms with van der Waals surface area (Å²) in [6, 6.07) is 8.47. The minimum absolute atomic E-state index is 0.329. The average Bonchev–Trinajstić information content (AvgIpc) is 2.91. The van der Waals surface area contributed by atoms with Crippen molar-refractivity contribution in [2.45, 2.75) is 49.8 Å². The summed E-state index contributed by atoms with van der Waals surface area (Å²) in [5.74, 6) is -1.55. The van der Waals surface area contributed by atoms with Gasteiger partial charge in [0.05, 0.1) is 5.56 Å². The van der Waals surface area contributed by atoms with Crippen molar-refractivity contribution in [1.82, 2.24) is 0 Å². The molecule has 4 unspecified atom stereocenters. The zero-order valence-corrected chi connectivity index (χ0v) is 15.7. The summed E-state index contributed by atoms with van der Waals surface area (Å²) in [6.07, 6.45) is -1.99. The van der Waals surface area contributed by atoms with Crippen LogP contribution in [0.15, 0.2) is 30.3 Å². The van der Waals surface area contributed by atoms with Gasteiger partial charge >= 0.3 is 11.9 Å². The molecule has 142 valence electrons. The molecule has 2 saturated heterocycles. The smallest absolute Gasteiger partial charge is 0.338 e. The molecule has 2 fully saturated rings. The lowest BCUT2D eigenvalue weighted by Crippen LogP contribution is -2.59. The number of aliphatic hydroxyl groups is 1. The predicted molar refractivity (Wildman–Crippen MR) is 93.5 cm³/mol. The zero-order valence-electron chi connectivity index (χ0n) is 14.8. The molecule has 1 aromatic carbocycles. The number of rotatable bonds is 4. The number of thioether (sulfide) groups is 1. The third-order valence-corrected chi connectivity index (χ3v) is 5.52. The fourth-order valence-corrected chi connectivity index (χ4v) is 4.30. The molecule has 2 aliphatic heterocycles. The van der Waals surface area contributed by atoms with Gasteiger partial charge in [0.2, 0.25) is 0 Å². The van der Waals surface area contributed by atoms with E-state index in [0.717, 1.165) is 11.8 Å². The Bertz CT molecular complexity index is 677. The van der Waals surface area contributed by atoms with Gasteiger partial charge in [0, 0.05) is 12.7 Å². The van der Waals surface area contributed by atoms with Crippen LogP contribution in [0.25, 0.3) is 0 Å². The van der Waals surface area contributed by atoms with Gasteiger partial charge in [-0.2, -0.15) is 0 Å². The second kappa shape index (κ2) is 7.19. The molecule has 4 atom stereocenters. The first-order valence-electron chi connectivity index (χ1n) is 8.31. The predicted octanol–water partition coefficient (Wildman–Crippen LogP) is 1.73. The Morgan fingerprint density at radius 3 is 2.62 bits per heavy atom. The molecule has 0 aliphatic carbocycles. The number of carbonyl (C=O) groups is 2. The highest BCUT2D eigenvalue weighted by molar-refractivity contribution is 8.00. The Labute approximate surface area is 155 Å². The Kier molecular flexibility index (Phi) is 5.30. The van der Waals surface area contributed by atoms with Crippen molar-refractivity contribution in [2.24, 2.45) is 0 Å². The molecule has 0 amide bonds. The van der Waals surface area contributed by atoms with Crippen LogP contribution in [0, 0.1) is 0 Å². The Balaban J connectivity index is 1.75. The maximum Gasteiger partial charge on any atom is 0.338 e. The van der Waals surface area contributed by atoms with E-state index in [2.05, 4.69) is 0 Å². The second-order valence-electron chi connectivity index (χ2n) is 6.77. The summed E-state index contributed by atoms with van der Waals surface area (Å²) < 4.78 is 22.3. The Hall–Kier alpha value is -1.61. The zero-order chi connectivity index (χ0) is 18.9. The summed E-state index contributed by atoms with van der Waals surface area (Å²) in [4.78, 5) is 22.1. The molecular weight excluding hydrogens is 360 g/mol. The largest absolute Gasteiger partial charge is 0.458 e. The monoisotopic (exact) mass is 382 g/mol. The van der Waals surface area contributed by atoms with Gasteiger partial charge in [0.25, 0.3) is 0 Å². The van der Waals surface area contributed by atoms with E-state index in [4.69, 9.17) is 18.9 Å². The van der Waals surface area contributed by atoms with Gasteiger partial charge in [0.15, 0.2) is 16.8 Å². The molecule has 2 heterocycles. The number of ether oxygens (including phenoxy) is 4. The SMILES string of the molecule is CC(=O)OC1C2OC(C)(C)OC2CSC1(O)COC(=O)c1ccccc1. The van der Waals surface area contributed by atoms with E-state index in [1.54, 1.807) is 44.2 Å². The molecule has 2 aliphatic rings. The van der Waals surface area contributed by atoms with E-state index in [1.807, 2.05) is 0 Å². The molecule has 0 radical (unpaired) electrons. The first kappa shape index (κ1) is 19.2. The van der Waals surface area contributed by atoms with E-state index >= 15 is 0 Å². The molecule has 1 N–H and O–H groups in total. The molecule has 0 spiro atoms. The van der Waals surface area contributed by atoms with Gasteiger partial charge < -0.3 is 24.1 Å². The molecule has 0 saturated carbocycles. The fraction of sp³-hybridized carbons (Fsp3) is 0.556. The summed E-state index contributed by atoms with van der Waals surface area (Å²) >= 11 is 1.13. The lowest BCUT2D eigenvalue weighted by molar-refractivity contribution is -0.187. The van der Waals surface area contributed by atoms with Crippen molar-refractivity contribution >= 4 is 23.7 Å². The van der Waals surface area contributed by atoms with Crippen LogP contribution < -0.4 is 0 Å². The minimum Gasteiger partial charge on any atom is -0.458 e. The highest BCUT2D eigenvalue weighted by atomic mass is 32.2. The Morgan fingerprint density at radius 1 is 1.27 bits per heavy atom. The van der Waals surface area contributed by atoms with Crippen molar-refractivity contribution < 1.29 is 33.6 Å². The van der Waals surface area contributed by atoms with E-state index in [0.29, 0.717) is 11.3 Å². The van der Waals surface area contributed by atoms with Gasteiger partial charge in [-0.15, -0.1) is 11.8 Å². The third-order valence-electron chi connectivity index (χ3n) is 4.17. The summed E-state index contributed by atoms with van der Waals surface area (Å²) in [5.41, 5.74) is 0.375. The van der Waals surface area contributed by atoms with Crippen molar-refractivity contribution in [2.75, 3.05) is 12.4 Å². The standard InChI is InChI=1S/C18H22O7S/c1-11(19)23-15-14-13(24-17(2,3)25-14)9-26-18(15,21)10-22-16(20)12-7-5-4-6-8-12/h4-8,13-15,21H,9-10H2,1-3H3. The highest BCUT2D eigenvalue weighted by Crippen LogP contribution is 2.45. The van der Waals surface area contributed by atoms with Crippen molar-refractivity contribution in [3.63, 3.8) is 0 Å². The Morgan fingerprint density at radius 2 is 1.96 bits per heavy atom. The van der Waals surface area contributed by atoms with Gasteiger partial charge in [-0.3, -0.25) is 4.79 Å². The van der Waals surface area contributed by atoms with Gasteiger partial charge in [-0.05, 0) is 26.0 Å². The van der Waals surface area contributed by atoms with Crippen LogP contribution in [0.5, 0.6) is 0 Å². The molecule has 7 nitrogen and oxygen atoms in total. The molecule has 3 rings (SSSR count). The number of hydrogen-bond acceptors (Lipinski definition) is 8. The van der Waals surface area contributed by atoms with Gasteiger partial charge in [-0.25, -0.2) is 4.79 Å². The lowest BCUT2D eigenvalue weighted by atomic mass is 10.0. The number of carbonyl (C=O) groups excluding carboxylic acids is 2. The number of fused-ring (bicyclic) bond motifs is 1. The molecule has 8 heteroatoms. The topological polar surface area (TPSA) is 91.3 Å². The first-order valence-corrected chi connectivity index (χ1v) is 9.30. The van der Waals surface area contributed by atoms with Crippen LogP contribution in [0.1, 0.15) is 31.1 Å². The van der Waals surface area contributed by atoms with Gasteiger partial charge in [0.1, 0.15) is 18.8 Å². The maximum absolute atomic E-state index is 12.2. The average molecular weight is 382 g/mol.